The Kier molecular flexibility index (Phi) is 11.6. The van der Waals surface area contributed by atoms with Gasteiger partial charge in [-0.25, -0.2) is 27.0 Å². The Balaban J connectivity index is 1.44. The van der Waals surface area contributed by atoms with Crippen molar-refractivity contribution >= 4 is 44.6 Å². The molecule has 3 fully saturated rings. The van der Waals surface area contributed by atoms with E-state index >= 15 is 13.6 Å². The number of carbonyl (C=O) groups excluding carboxylic acids is 3. The van der Waals surface area contributed by atoms with Crippen LogP contribution in [0.4, 0.5) is 13.6 Å². The van der Waals surface area contributed by atoms with E-state index in [1.165, 1.54) is 18.2 Å². The van der Waals surface area contributed by atoms with E-state index in [2.05, 4.69) is 15.0 Å². The highest BCUT2D eigenvalue weighted by Gasteiger charge is 2.63. The van der Waals surface area contributed by atoms with E-state index in [1.54, 1.807) is 25.1 Å². The number of hydrogen-bond acceptors (Lipinski definition) is 9. The zero-order chi connectivity index (χ0) is 41.7. The van der Waals surface area contributed by atoms with Crippen LogP contribution in [-0.4, -0.2) is 106 Å². The molecule has 1 aromatic carbocycles. The number of benzene rings is 1. The molecule has 57 heavy (non-hydrogen) atoms. The van der Waals surface area contributed by atoms with Gasteiger partial charge in [0.2, 0.25) is 27.7 Å². The molecule has 3 N–H and O–H groups in total. The van der Waals surface area contributed by atoms with E-state index in [1.807, 2.05) is 25.1 Å². The van der Waals surface area contributed by atoms with Crippen LogP contribution in [0.3, 0.4) is 0 Å². The molecule has 312 valence electrons. The van der Waals surface area contributed by atoms with Gasteiger partial charge in [0.1, 0.15) is 35.0 Å². The van der Waals surface area contributed by atoms with Gasteiger partial charge in [-0.05, 0) is 70.3 Å². The summed E-state index contributed by atoms with van der Waals surface area (Å²) < 4.78 is 70.7. The Morgan fingerprint density at radius 3 is 2.42 bits per heavy atom. The summed E-state index contributed by atoms with van der Waals surface area (Å²) in [6, 6.07) is 4.17. The summed E-state index contributed by atoms with van der Waals surface area (Å²) >= 11 is 0. The number of amides is 4. The number of carboxylic acid groups (broad SMARTS) is 1. The number of aromatic nitrogens is 1. The van der Waals surface area contributed by atoms with Crippen LogP contribution in [0, 0.1) is 17.8 Å². The summed E-state index contributed by atoms with van der Waals surface area (Å²) in [5.41, 5.74) is -4.01. The van der Waals surface area contributed by atoms with Crippen LogP contribution in [0.1, 0.15) is 86.0 Å². The first kappa shape index (κ1) is 42.1. The molecule has 1 saturated heterocycles. The van der Waals surface area contributed by atoms with Gasteiger partial charge in [0.25, 0.3) is 11.8 Å². The number of rotatable bonds is 10. The summed E-state index contributed by atoms with van der Waals surface area (Å²) in [6.07, 6.45) is 5.00. The summed E-state index contributed by atoms with van der Waals surface area (Å²) in [7, 11) is -2.49. The maximum absolute atomic E-state index is 15.4. The molecular weight excluding hydrogens is 765 g/mol. The fourth-order valence-electron chi connectivity index (χ4n) is 8.30. The van der Waals surface area contributed by atoms with Gasteiger partial charge in [0, 0.05) is 30.0 Å². The monoisotopic (exact) mass is 817 g/mol. The molecule has 2 aliphatic heterocycles. The fourth-order valence-corrected chi connectivity index (χ4v) is 9.67. The Labute approximate surface area is 331 Å². The molecule has 0 bridgehead atoms. The van der Waals surface area contributed by atoms with Crippen LogP contribution < -0.4 is 19.5 Å². The highest BCUT2D eigenvalue weighted by molar-refractivity contribution is 7.91. The third-order valence-corrected chi connectivity index (χ3v) is 14.1. The van der Waals surface area contributed by atoms with E-state index < -0.39 is 86.1 Å². The number of sulfonamides is 1. The highest BCUT2D eigenvalue weighted by Crippen LogP contribution is 2.47. The van der Waals surface area contributed by atoms with Gasteiger partial charge in [-0.2, -0.15) is 0 Å². The van der Waals surface area contributed by atoms with Gasteiger partial charge in [0.15, 0.2) is 0 Å². The molecule has 0 radical (unpaired) electrons. The second kappa shape index (κ2) is 15.7. The van der Waals surface area contributed by atoms with Crippen LogP contribution in [0.5, 0.6) is 11.6 Å². The molecule has 2 saturated carbocycles. The number of fused-ring (bicyclic) bond motifs is 3. The smallest absolute Gasteiger partial charge is 0.408 e. The summed E-state index contributed by atoms with van der Waals surface area (Å²) in [4.78, 5) is 63.0. The number of hydrogen-bond donors (Lipinski definition) is 3. The topological polar surface area (TPSA) is 185 Å². The zero-order valence-corrected chi connectivity index (χ0v) is 34.0. The lowest BCUT2D eigenvalue weighted by atomic mass is 9.81. The molecule has 14 nitrogen and oxygen atoms in total. The van der Waals surface area contributed by atoms with E-state index in [9.17, 15) is 27.9 Å². The number of halogens is 2. The molecule has 1 aromatic heterocycles. The summed E-state index contributed by atoms with van der Waals surface area (Å²) in [5, 5.41) is 14.0. The maximum atomic E-state index is 15.4. The average Bonchev–Trinajstić information content (AvgIpc) is 4.07. The third-order valence-electron chi connectivity index (χ3n) is 12.3. The van der Waals surface area contributed by atoms with E-state index in [4.69, 9.17) is 9.47 Å². The minimum atomic E-state index is -3.99. The Morgan fingerprint density at radius 2 is 1.81 bits per heavy atom. The molecule has 2 aliphatic carbocycles. The van der Waals surface area contributed by atoms with Crippen LogP contribution in [-0.2, 0) is 24.4 Å². The predicted octanol–water partition coefficient (Wildman–Crippen LogP) is 5.26. The normalized spacial score (nSPS) is 29.2. The Morgan fingerprint density at radius 1 is 1.12 bits per heavy atom. The molecule has 0 unspecified atom stereocenters. The van der Waals surface area contributed by atoms with Crippen molar-refractivity contribution in [2.75, 3.05) is 13.7 Å². The standard InChI is InChI=1S/C40H53F2N5O9S/c1-7-24-18-23(2)12-8-9-13-25-20-40(25,36(50)45-57(53,54)27-16-17-27)44-33(48)30-19-26(56-34-29-15-11-10-14-28(29)31(55-6)21-43-34)22-46(30)35(49)32(24)47(37(51)52)38(3,4)39(5,41)42/h9-11,13-15,21,23-27,30,32H,7-8,12,16-20,22H2,1-6H3,(H,44,48)(H,45,50)(H,51,52)/b13-9-/t23-,24-,25-,26-,30+,32+,40-/m1/s1. The lowest BCUT2D eigenvalue weighted by Gasteiger charge is -2.47. The summed E-state index contributed by atoms with van der Waals surface area (Å²) in [5.74, 6) is -6.83. The van der Waals surface area contributed by atoms with Gasteiger partial charge in [-0.1, -0.05) is 50.6 Å². The Bertz CT molecular complexity index is 2040. The summed E-state index contributed by atoms with van der Waals surface area (Å²) in [6.45, 7) is 6.23. The molecule has 4 aliphatic rings. The lowest BCUT2D eigenvalue weighted by Crippen LogP contribution is -2.67. The number of nitrogens with zero attached hydrogens (tertiary/aromatic N) is 3. The highest BCUT2D eigenvalue weighted by atomic mass is 32.2. The van der Waals surface area contributed by atoms with E-state index in [0.29, 0.717) is 60.4 Å². The van der Waals surface area contributed by atoms with Crippen molar-refractivity contribution in [3.8, 4) is 11.6 Å². The quantitative estimate of drug-likeness (QED) is 0.268. The van der Waals surface area contributed by atoms with Gasteiger partial charge in [0.05, 0.1) is 25.1 Å². The molecule has 4 amide bonds. The minimum Gasteiger partial charge on any atom is -0.494 e. The fraction of sp³-hybridized carbons (Fsp3) is 0.625. The van der Waals surface area contributed by atoms with Crippen molar-refractivity contribution in [2.45, 2.75) is 126 Å². The van der Waals surface area contributed by atoms with Gasteiger partial charge >= 0.3 is 6.09 Å². The minimum absolute atomic E-state index is 0.0866. The number of nitrogens with one attached hydrogen (secondary N) is 2. The number of ether oxygens (including phenoxy) is 2. The first-order chi connectivity index (χ1) is 26.8. The van der Waals surface area contributed by atoms with E-state index in [0.717, 1.165) is 13.8 Å². The second-order valence-corrected chi connectivity index (χ2v) is 18.6. The first-order valence-electron chi connectivity index (χ1n) is 19.6. The first-order valence-corrected chi connectivity index (χ1v) is 21.1. The number of allylic oxidation sites excluding steroid dienone is 1. The molecule has 6 rings (SSSR count). The molecule has 3 heterocycles. The van der Waals surface area contributed by atoms with Gasteiger partial charge in [-0.15, -0.1) is 0 Å². The average molecular weight is 818 g/mol. The van der Waals surface area contributed by atoms with Crippen LogP contribution >= 0.6 is 0 Å². The largest absolute Gasteiger partial charge is 0.494 e. The molecule has 17 heteroatoms. The van der Waals surface area contributed by atoms with Gasteiger partial charge in [-0.3, -0.25) is 24.0 Å². The van der Waals surface area contributed by atoms with Crippen molar-refractivity contribution in [1.82, 2.24) is 24.8 Å². The van der Waals surface area contributed by atoms with Crippen LogP contribution in [0.25, 0.3) is 10.8 Å². The SMILES string of the molecule is CC[C@@H]1C[C@H](C)CC/C=C\[C@@H]2C[C@@]2(C(=O)NS(=O)(=O)C2CC2)NC(=O)[C@@H]2C[C@@H](Oc3ncc(OC)c4ccccc34)CN2C(=O)[C@H]1N(C(=O)O)C(C)(C)C(C)(F)F. The van der Waals surface area contributed by atoms with Crippen LogP contribution in [0.15, 0.2) is 42.6 Å². The third kappa shape index (κ3) is 8.26. The lowest BCUT2D eigenvalue weighted by molar-refractivity contribution is -0.157. The van der Waals surface area contributed by atoms with Crippen molar-refractivity contribution < 1.29 is 51.0 Å². The second-order valence-electron chi connectivity index (χ2n) is 16.7. The maximum Gasteiger partial charge on any atom is 0.408 e. The zero-order valence-electron chi connectivity index (χ0n) is 33.2. The number of alkyl halides is 2. The number of pyridine rings is 1. The van der Waals surface area contributed by atoms with Crippen molar-refractivity contribution in [1.29, 1.82) is 0 Å². The van der Waals surface area contributed by atoms with E-state index in [-0.39, 0.29) is 37.6 Å². The van der Waals surface area contributed by atoms with Crippen molar-refractivity contribution in [2.24, 2.45) is 17.8 Å². The number of methoxy groups -OCH3 is 1. The number of carbonyl (C=O) groups is 4. The molecule has 2 aromatic rings. The van der Waals surface area contributed by atoms with Gasteiger partial charge < -0.3 is 24.8 Å². The van der Waals surface area contributed by atoms with Crippen LogP contribution in [0.2, 0.25) is 0 Å². The van der Waals surface area contributed by atoms with Crippen molar-refractivity contribution in [3.63, 3.8) is 0 Å². The molecular formula is C40H53F2N5O9S. The van der Waals surface area contributed by atoms with Crippen molar-refractivity contribution in [3.05, 3.63) is 42.6 Å². The molecule has 0 spiro atoms. The predicted molar refractivity (Wildman–Crippen MR) is 206 cm³/mol. The Hall–Kier alpha value is -4.54. The molecule has 7 atom stereocenters.